The molecule has 1 fully saturated rings. The first-order chi connectivity index (χ1) is 7.84. The van der Waals surface area contributed by atoms with Gasteiger partial charge in [0.25, 0.3) is 0 Å². The lowest BCUT2D eigenvalue weighted by Gasteiger charge is -2.10. The first kappa shape index (κ1) is 11.2. The molecule has 1 heteroatoms. The Morgan fingerprint density at radius 1 is 1.25 bits per heavy atom. The number of ether oxygens (including phenoxy) is 1. The van der Waals surface area contributed by atoms with Gasteiger partial charge in [-0.1, -0.05) is 54.6 Å². The van der Waals surface area contributed by atoms with Gasteiger partial charge in [0, 0.05) is 6.61 Å². The van der Waals surface area contributed by atoms with E-state index in [4.69, 9.17) is 4.74 Å². The molecule has 1 unspecified atom stereocenters. The zero-order valence-electron chi connectivity index (χ0n) is 9.56. The molecule has 0 aliphatic carbocycles. The van der Waals surface area contributed by atoms with E-state index in [1.54, 1.807) is 0 Å². The molecular weight excluding hydrogens is 196 g/mol. The summed E-state index contributed by atoms with van der Waals surface area (Å²) in [5.41, 5.74) is 2.53. The predicted molar refractivity (Wildman–Crippen MR) is 68.2 cm³/mol. The van der Waals surface area contributed by atoms with Crippen LogP contribution in [-0.4, -0.2) is 12.7 Å². The van der Waals surface area contributed by atoms with E-state index in [1.807, 2.05) is 18.2 Å². The Bertz CT molecular complexity index is 364. The van der Waals surface area contributed by atoms with Crippen molar-refractivity contribution in [2.45, 2.75) is 25.4 Å². The van der Waals surface area contributed by atoms with Crippen LogP contribution in [0.4, 0.5) is 0 Å². The predicted octanol–water partition coefficient (Wildman–Crippen LogP) is 3.83. The van der Waals surface area contributed by atoms with Crippen molar-refractivity contribution in [1.29, 1.82) is 0 Å². The third-order valence-corrected chi connectivity index (χ3v) is 2.80. The molecular formula is C15H18O. The summed E-state index contributed by atoms with van der Waals surface area (Å²) < 4.78 is 5.75. The molecule has 0 bridgehead atoms. The average molecular weight is 214 g/mol. The molecule has 1 heterocycles. The summed E-state index contributed by atoms with van der Waals surface area (Å²) in [6.07, 6.45) is 7.65. The van der Waals surface area contributed by atoms with Crippen LogP contribution in [0.1, 0.15) is 24.8 Å². The smallest absolute Gasteiger partial charge is 0.0796 e. The van der Waals surface area contributed by atoms with Gasteiger partial charge in [0.1, 0.15) is 0 Å². The van der Waals surface area contributed by atoms with Gasteiger partial charge in [-0.05, 0) is 24.8 Å². The van der Waals surface area contributed by atoms with E-state index in [1.165, 1.54) is 11.1 Å². The highest BCUT2D eigenvalue weighted by Gasteiger charge is 2.11. The van der Waals surface area contributed by atoms with Crippen molar-refractivity contribution >= 4 is 6.08 Å². The molecule has 0 radical (unpaired) electrons. The summed E-state index contributed by atoms with van der Waals surface area (Å²) in [6, 6.07) is 10.3. The fraction of sp³-hybridized carbons (Fsp3) is 0.333. The van der Waals surface area contributed by atoms with Crippen molar-refractivity contribution in [2.24, 2.45) is 0 Å². The Morgan fingerprint density at radius 3 is 2.88 bits per heavy atom. The van der Waals surface area contributed by atoms with Gasteiger partial charge in [-0.25, -0.2) is 0 Å². The maximum atomic E-state index is 5.75. The molecule has 1 aromatic carbocycles. The van der Waals surface area contributed by atoms with Gasteiger partial charge in [-0.3, -0.25) is 0 Å². The molecule has 0 saturated carbocycles. The fourth-order valence-corrected chi connectivity index (χ4v) is 1.91. The van der Waals surface area contributed by atoms with Crippen LogP contribution >= 0.6 is 0 Å². The number of rotatable bonds is 2. The van der Waals surface area contributed by atoms with Crippen LogP contribution in [0.25, 0.3) is 6.08 Å². The van der Waals surface area contributed by atoms with Gasteiger partial charge in [-0.15, -0.1) is 0 Å². The second-order valence-corrected chi connectivity index (χ2v) is 4.24. The van der Waals surface area contributed by atoms with Crippen LogP contribution in [0.2, 0.25) is 0 Å². The quantitative estimate of drug-likeness (QED) is 0.680. The van der Waals surface area contributed by atoms with Gasteiger partial charge in [0.2, 0.25) is 0 Å². The Morgan fingerprint density at radius 2 is 2.06 bits per heavy atom. The molecule has 1 atom stereocenters. The number of hydrogen-bond donors (Lipinski definition) is 0. The SMILES string of the molecule is C=C1CCCOC(/C=C/c2ccccc2)C1. The lowest BCUT2D eigenvalue weighted by Crippen LogP contribution is -2.07. The average Bonchev–Trinajstić information content (AvgIpc) is 2.52. The molecule has 0 amide bonds. The van der Waals surface area contributed by atoms with E-state index in [0.29, 0.717) is 0 Å². The highest BCUT2D eigenvalue weighted by molar-refractivity contribution is 5.49. The molecule has 1 nitrogen and oxygen atoms in total. The molecule has 1 aromatic rings. The van der Waals surface area contributed by atoms with Gasteiger partial charge in [0.15, 0.2) is 0 Å². The minimum Gasteiger partial charge on any atom is -0.374 e. The Kier molecular flexibility index (Phi) is 3.95. The first-order valence-electron chi connectivity index (χ1n) is 5.86. The molecule has 0 aromatic heterocycles. The maximum Gasteiger partial charge on any atom is 0.0796 e. The maximum absolute atomic E-state index is 5.75. The zero-order valence-corrected chi connectivity index (χ0v) is 9.56. The van der Waals surface area contributed by atoms with E-state index in [0.717, 1.165) is 25.9 Å². The van der Waals surface area contributed by atoms with Crippen molar-refractivity contribution in [2.75, 3.05) is 6.61 Å². The van der Waals surface area contributed by atoms with Crippen LogP contribution in [-0.2, 0) is 4.74 Å². The number of benzene rings is 1. The Labute approximate surface area is 97.4 Å². The van der Waals surface area contributed by atoms with Crippen molar-refractivity contribution in [3.05, 3.63) is 54.1 Å². The van der Waals surface area contributed by atoms with Crippen molar-refractivity contribution in [1.82, 2.24) is 0 Å². The van der Waals surface area contributed by atoms with E-state index in [9.17, 15) is 0 Å². The second-order valence-electron chi connectivity index (χ2n) is 4.24. The van der Waals surface area contributed by atoms with E-state index < -0.39 is 0 Å². The Hall–Kier alpha value is -1.34. The molecule has 2 rings (SSSR count). The minimum atomic E-state index is 0.204. The van der Waals surface area contributed by atoms with Gasteiger partial charge < -0.3 is 4.74 Å². The summed E-state index contributed by atoms with van der Waals surface area (Å²) in [7, 11) is 0. The van der Waals surface area contributed by atoms with E-state index in [2.05, 4.69) is 30.9 Å². The minimum absolute atomic E-state index is 0.204. The summed E-state index contributed by atoms with van der Waals surface area (Å²) in [6.45, 7) is 4.92. The standard InChI is InChI=1S/C15H18O/c1-13-6-5-11-16-15(12-13)10-9-14-7-3-2-4-8-14/h2-4,7-10,15H,1,5-6,11-12H2/b10-9+. The molecule has 1 aliphatic rings. The fourth-order valence-electron chi connectivity index (χ4n) is 1.91. The third kappa shape index (κ3) is 3.35. The monoisotopic (exact) mass is 214 g/mol. The molecule has 1 aliphatic heterocycles. The normalized spacial score (nSPS) is 22.2. The largest absolute Gasteiger partial charge is 0.374 e. The highest BCUT2D eigenvalue weighted by Crippen LogP contribution is 2.19. The van der Waals surface area contributed by atoms with Crippen molar-refractivity contribution in [3.63, 3.8) is 0 Å². The topological polar surface area (TPSA) is 9.23 Å². The van der Waals surface area contributed by atoms with Gasteiger partial charge >= 0.3 is 0 Å². The summed E-state index contributed by atoms with van der Waals surface area (Å²) in [4.78, 5) is 0. The van der Waals surface area contributed by atoms with Gasteiger partial charge in [-0.2, -0.15) is 0 Å². The number of hydrogen-bond acceptors (Lipinski definition) is 1. The van der Waals surface area contributed by atoms with E-state index >= 15 is 0 Å². The lowest BCUT2D eigenvalue weighted by atomic mass is 10.1. The van der Waals surface area contributed by atoms with Crippen molar-refractivity contribution < 1.29 is 4.74 Å². The van der Waals surface area contributed by atoms with Crippen molar-refractivity contribution in [3.8, 4) is 0 Å². The van der Waals surface area contributed by atoms with Crippen LogP contribution in [0.3, 0.4) is 0 Å². The molecule has 0 N–H and O–H groups in total. The molecule has 16 heavy (non-hydrogen) atoms. The van der Waals surface area contributed by atoms with Crippen LogP contribution in [0.15, 0.2) is 48.6 Å². The van der Waals surface area contributed by atoms with Gasteiger partial charge in [0.05, 0.1) is 6.10 Å². The molecule has 1 saturated heterocycles. The van der Waals surface area contributed by atoms with Crippen LogP contribution in [0.5, 0.6) is 0 Å². The Balaban J connectivity index is 1.98. The third-order valence-electron chi connectivity index (χ3n) is 2.80. The highest BCUT2D eigenvalue weighted by atomic mass is 16.5. The summed E-state index contributed by atoms with van der Waals surface area (Å²) in [5.74, 6) is 0. The molecule has 0 spiro atoms. The van der Waals surface area contributed by atoms with Crippen LogP contribution < -0.4 is 0 Å². The first-order valence-corrected chi connectivity index (χ1v) is 5.86. The summed E-state index contributed by atoms with van der Waals surface area (Å²) >= 11 is 0. The zero-order chi connectivity index (χ0) is 11.2. The second kappa shape index (κ2) is 5.66. The molecule has 84 valence electrons. The lowest BCUT2D eigenvalue weighted by molar-refractivity contribution is 0.0946. The van der Waals surface area contributed by atoms with E-state index in [-0.39, 0.29) is 6.10 Å². The summed E-state index contributed by atoms with van der Waals surface area (Å²) in [5, 5.41) is 0. The van der Waals surface area contributed by atoms with Crippen LogP contribution in [0, 0.1) is 0 Å².